The van der Waals surface area contributed by atoms with Gasteiger partial charge < -0.3 is 9.84 Å². The van der Waals surface area contributed by atoms with Gasteiger partial charge in [-0.2, -0.15) is 18.4 Å². The van der Waals surface area contributed by atoms with E-state index in [0.29, 0.717) is 18.6 Å². The molecule has 1 aliphatic rings. The summed E-state index contributed by atoms with van der Waals surface area (Å²) < 4.78 is 47.9. The molecule has 0 amide bonds. The SMILES string of the molecule is COc1ccc2c(c1)c(=O)n(CC1CCCCC1C(=O)O)c(=O)n2Cc1cccc(C(F)(F)F)c1C#N. The number of hydrogen-bond donors (Lipinski definition) is 1. The third-order valence-corrected chi connectivity index (χ3v) is 6.97. The first-order valence-corrected chi connectivity index (χ1v) is 11.7. The van der Waals surface area contributed by atoms with E-state index in [1.807, 2.05) is 0 Å². The molecule has 37 heavy (non-hydrogen) atoms. The van der Waals surface area contributed by atoms with Gasteiger partial charge in [-0.25, -0.2) is 4.79 Å². The molecule has 1 aromatic heterocycles. The summed E-state index contributed by atoms with van der Waals surface area (Å²) in [7, 11) is 1.40. The van der Waals surface area contributed by atoms with E-state index in [4.69, 9.17) is 4.74 Å². The van der Waals surface area contributed by atoms with Crippen molar-refractivity contribution in [3.05, 3.63) is 73.9 Å². The lowest BCUT2D eigenvalue weighted by Crippen LogP contribution is -2.43. The summed E-state index contributed by atoms with van der Waals surface area (Å²) in [6.07, 6.45) is -2.33. The van der Waals surface area contributed by atoms with E-state index >= 15 is 0 Å². The third kappa shape index (κ3) is 4.96. The number of nitrogens with zero attached hydrogens (tertiary/aromatic N) is 3. The predicted octanol–water partition coefficient (Wildman–Crippen LogP) is 4.00. The average Bonchev–Trinajstić information content (AvgIpc) is 2.88. The minimum Gasteiger partial charge on any atom is -0.497 e. The largest absolute Gasteiger partial charge is 0.497 e. The number of alkyl halides is 3. The molecule has 1 fully saturated rings. The van der Waals surface area contributed by atoms with Crippen LogP contribution >= 0.6 is 0 Å². The van der Waals surface area contributed by atoms with Gasteiger partial charge in [0, 0.05) is 6.54 Å². The second-order valence-electron chi connectivity index (χ2n) is 9.11. The summed E-state index contributed by atoms with van der Waals surface area (Å²) in [5.74, 6) is -1.85. The van der Waals surface area contributed by atoms with Crippen molar-refractivity contribution in [1.29, 1.82) is 5.26 Å². The number of fused-ring (bicyclic) bond motifs is 1. The third-order valence-electron chi connectivity index (χ3n) is 6.97. The van der Waals surface area contributed by atoms with Crippen molar-refractivity contribution < 1.29 is 27.8 Å². The van der Waals surface area contributed by atoms with Crippen molar-refractivity contribution in [3.63, 3.8) is 0 Å². The van der Waals surface area contributed by atoms with E-state index in [2.05, 4.69) is 0 Å². The van der Waals surface area contributed by atoms with E-state index in [0.717, 1.165) is 34.1 Å². The van der Waals surface area contributed by atoms with Gasteiger partial charge in [0.15, 0.2) is 0 Å². The van der Waals surface area contributed by atoms with Gasteiger partial charge >= 0.3 is 17.8 Å². The summed E-state index contributed by atoms with van der Waals surface area (Å²) in [4.78, 5) is 38.9. The Hall–Kier alpha value is -4.07. The number of carboxylic acids is 1. The molecule has 0 saturated heterocycles. The molecule has 11 heteroatoms. The molecule has 0 spiro atoms. The van der Waals surface area contributed by atoms with E-state index < -0.39 is 52.9 Å². The van der Waals surface area contributed by atoms with Crippen LogP contribution in [-0.4, -0.2) is 27.3 Å². The van der Waals surface area contributed by atoms with Crippen LogP contribution in [0.5, 0.6) is 5.75 Å². The maximum absolute atomic E-state index is 13.6. The summed E-state index contributed by atoms with van der Waals surface area (Å²) in [6.45, 7) is -0.544. The number of aliphatic carboxylic acids is 1. The van der Waals surface area contributed by atoms with Gasteiger partial charge in [0.05, 0.1) is 41.6 Å². The Balaban J connectivity index is 1.92. The van der Waals surface area contributed by atoms with Crippen LogP contribution in [0.2, 0.25) is 0 Å². The second-order valence-corrected chi connectivity index (χ2v) is 9.11. The van der Waals surface area contributed by atoms with Crippen molar-refractivity contribution in [2.45, 2.75) is 44.9 Å². The van der Waals surface area contributed by atoms with Crippen LogP contribution in [-0.2, 0) is 24.1 Å². The first-order chi connectivity index (χ1) is 17.6. The van der Waals surface area contributed by atoms with Gasteiger partial charge in [-0.3, -0.25) is 18.7 Å². The fraction of sp³-hybridized carbons (Fsp3) is 0.385. The number of methoxy groups -OCH3 is 1. The van der Waals surface area contributed by atoms with Gasteiger partial charge in [-0.1, -0.05) is 25.0 Å². The average molecular weight is 515 g/mol. The smallest absolute Gasteiger partial charge is 0.417 e. The van der Waals surface area contributed by atoms with Gasteiger partial charge in [0.2, 0.25) is 0 Å². The highest BCUT2D eigenvalue weighted by Gasteiger charge is 2.35. The van der Waals surface area contributed by atoms with Crippen LogP contribution in [0.15, 0.2) is 46.0 Å². The molecule has 3 aromatic rings. The highest BCUT2D eigenvalue weighted by Crippen LogP contribution is 2.34. The van der Waals surface area contributed by atoms with E-state index in [1.165, 1.54) is 31.4 Å². The topological polar surface area (TPSA) is 114 Å². The maximum atomic E-state index is 13.6. The number of hydrogen-bond acceptors (Lipinski definition) is 5. The molecule has 0 bridgehead atoms. The molecule has 194 valence electrons. The number of benzene rings is 2. The minimum atomic E-state index is -4.77. The fourth-order valence-electron chi connectivity index (χ4n) is 5.10. The first-order valence-electron chi connectivity index (χ1n) is 11.7. The number of rotatable bonds is 6. The minimum absolute atomic E-state index is 0.0391. The number of halogens is 3. The number of ether oxygens (including phenoxy) is 1. The number of aromatic nitrogens is 2. The molecule has 2 aromatic carbocycles. The maximum Gasteiger partial charge on any atom is 0.417 e. The van der Waals surface area contributed by atoms with Crippen LogP contribution in [0.1, 0.15) is 42.4 Å². The van der Waals surface area contributed by atoms with Gasteiger partial charge in [0.1, 0.15) is 11.8 Å². The Bertz CT molecular complexity index is 1520. The van der Waals surface area contributed by atoms with Crippen molar-refractivity contribution in [1.82, 2.24) is 9.13 Å². The highest BCUT2D eigenvalue weighted by atomic mass is 19.4. The number of carboxylic acid groups (broad SMARTS) is 1. The summed E-state index contributed by atoms with van der Waals surface area (Å²) in [5.41, 5.74) is -3.05. The quantitative estimate of drug-likeness (QED) is 0.531. The molecule has 2 unspecified atom stereocenters. The molecule has 1 heterocycles. The van der Waals surface area contributed by atoms with Crippen LogP contribution in [0.25, 0.3) is 10.9 Å². The predicted molar refractivity (Wildman–Crippen MR) is 127 cm³/mol. The standard InChI is InChI=1S/C26H24F3N3O5/c1-37-17-9-10-22-19(11-17)23(33)32(14-15-5-2-3-7-18(15)24(34)35)25(36)31(22)13-16-6-4-8-21(20(16)12-30)26(27,28)29/h4,6,8-11,15,18H,2-3,5,7,13-14H2,1H3,(H,34,35). The van der Waals surface area contributed by atoms with Gasteiger partial charge in [0.25, 0.3) is 5.56 Å². The summed E-state index contributed by atoms with van der Waals surface area (Å²) in [5, 5.41) is 19.3. The van der Waals surface area contributed by atoms with Crippen molar-refractivity contribution in [2.24, 2.45) is 11.8 Å². The summed E-state index contributed by atoms with van der Waals surface area (Å²) in [6, 6.07) is 9.28. The highest BCUT2D eigenvalue weighted by molar-refractivity contribution is 5.80. The van der Waals surface area contributed by atoms with Gasteiger partial charge in [-0.05, 0) is 48.6 Å². The van der Waals surface area contributed by atoms with E-state index in [9.17, 15) is 37.9 Å². The zero-order chi connectivity index (χ0) is 26.9. The number of nitriles is 1. The van der Waals surface area contributed by atoms with E-state index in [1.54, 1.807) is 6.07 Å². The number of carbonyl (C=O) groups is 1. The molecule has 1 saturated carbocycles. The normalized spacial score (nSPS) is 17.9. The lowest BCUT2D eigenvalue weighted by atomic mass is 9.79. The van der Waals surface area contributed by atoms with Crippen LogP contribution in [0.3, 0.4) is 0 Å². The van der Waals surface area contributed by atoms with Crippen LogP contribution in [0, 0.1) is 23.2 Å². The second kappa shape index (κ2) is 10.1. The Morgan fingerprint density at radius 1 is 1.16 bits per heavy atom. The zero-order valence-electron chi connectivity index (χ0n) is 19.9. The molecule has 1 aliphatic carbocycles. The summed E-state index contributed by atoms with van der Waals surface area (Å²) >= 11 is 0. The molecular weight excluding hydrogens is 491 g/mol. The molecule has 1 N–H and O–H groups in total. The molecular formula is C26H24F3N3O5. The lowest BCUT2D eigenvalue weighted by Gasteiger charge is -2.29. The van der Waals surface area contributed by atoms with Gasteiger partial charge in [-0.15, -0.1) is 0 Å². The zero-order valence-corrected chi connectivity index (χ0v) is 19.9. The molecule has 4 rings (SSSR count). The van der Waals surface area contributed by atoms with Crippen molar-refractivity contribution in [3.8, 4) is 11.8 Å². The molecule has 0 radical (unpaired) electrons. The Morgan fingerprint density at radius 2 is 1.89 bits per heavy atom. The molecule has 2 atom stereocenters. The Kier molecular flexibility index (Phi) is 7.12. The van der Waals surface area contributed by atoms with Crippen LogP contribution < -0.4 is 16.0 Å². The monoisotopic (exact) mass is 515 g/mol. The van der Waals surface area contributed by atoms with Crippen LogP contribution in [0.4, 0.5) is 13.2 Å². The molecule has 8 nitrogen and oxygen atoms in total. The molecule has 0 aliphatic heterocycles. The lowest BCUT2D eigenvalue weighted by molar-refractivity contribution is -0.145. The Labute approximate surface area is 209 Å². The van der Waals surface area contributed by atoms with Crippen molar-refractivity contribution >= 4 is 16.9 Å². The fourth-order valence-corrected chi connectivity index (χ4v) is 5.10. The Morgan fingerprint density at radius 3 is 2.54 bits per heavy atom. The first kappa shape index (κ1) is 26.0. The van der Waals surface area contributed by atoms with E-state index in [-0.39, 0.29) is 23.0 Å². The van der Waals surface area contributed by atoms with Crippen molar-refractivity contribution in [2.75, 3.05) is 7.11 Å².